The average molecular weight is 475 g/mol. The second kappa shape index (κ2) is 9.36. The third-order valence-corrected chi connectivity index (χ3v) is 7.43. The molecule has 1 N–H and O–H groups in total. The number of nitrogens with one attached hydrogen (secondary N) is 1. The molecular weight excluding hydrogens is 448 g/mol. The van der Waals surface area contributed by atoms with E-state index in [1.807, 2.05) is 29.2 Å². The Kier molecular flexibility index (Phi) is 6.52. The fourth-order valence-corrected chi connectivity index (χ4v) is 5.78. The maximum absolute atomic E-state index is 12.6. The lowest BCUT2D eigenvalue weighted by Gasteiger charge is -2.28. The summed E-state index contributed by atoms with van der Waals surface area (Å²) >= 11 is 0. The van der Waals surface area contributed by atoms with Gasteiger partial charge in [-0.15, -0.1) is 0 Å². The number of benzene rings is 1. The normalized spacial score (nSPS) is 17.5. The summed E-state index contributed by atoms with van der Waals surface area (Å²) in [6.07, 6.45) is 1.90. The molecule has 1 fully saturated rings. The van der Waals surface area contributed by atoms with Crippen molar-refractivity contribution in [2.24, 2.45) is 0 Å². The summed E-state index contributed by atoms with van der Waals surface area (Å²) in [5.74, 6) is 0.351. The van der Waals surface area contributed by atoms with Crippen LogP contribution in [0.4, 0.5) is 0 Å². The first-order valence-electron chi connectivity index (χ1n) is 10.6. The van der Waals surface area contributed by atoms with E-state index < -0.39 is 15.8 Å². The number of H-pyrrole nitrogens is 1. The largest absolute Gasteiger partial charge is 0.497 e. The Morgan fingerprint density at radius 1 is 1.27 bits per heavy atom. The summed E-state index contributed by atoms with van der Waals surface area (Å²) in [5, 5.41) is 2.73. The van der Waals surface area contributed by atoms with E-state index in [1.54, 1.807) is 14.0 Å². The number of fused-ring (bicyclic) bond motifs is 1. The quantitative estimate of drug-likeness (QED) is 0.486. The van der Waals surface area contributed by atoms with Gasteiger partial charge in [-0.05, 0) is 31.0 Å². The first-order chi connectivity index (χ1) is 15.8. The maximum Gasteiger partial charge on any atom is 0.343 e. The van der Waals surface area contributed by atoms with Gasteiger partial charge in [0.2, 0.25) is 0 Å². The second-order valence-electron chi connectivity index (χ2n) is 7.96. The monoisotopic (exact) mass is 474 g/mol. The summed E-state index contributed by atoms with van der Waals surface area (Å²) in [6.45, 7) is 2.63. The van der Waals surface area contributed by atoms with E-state index in [9.17, 15) is 18.0 Å². The van der Waals surface area contributed by atoms with Gasteiger partial charge in [0.05, 0.1) is 30.9 Å². The van der Waals surface area contributed by atoms with Crippen LogP contribution >= 0.6 is 0 Å². The van der Waals surface area contributed by atoms with E-state index in [1.165, 1.54) is 16.8 Å². The van der Waals surface area contributed by atoms with E-state index in [4.69, 9.17) is 9.47 Å². The first kappa shape index (κ1) is 23.0. The van der Waals surface area contributed by atoms with Crippen molar-refractivity contribution in [3.63, 3.8) is 0 Å². The average Bonchev–Trinajstić information content (AvgIpc) is 3.37. The second-order valence-corrected chi connectivity index (χ2v) is 10.2. The highest BCUT2D eigenvalue weighted by Gasteiger charge is 2.32. The number of nitrogens with zero attached hydrogens (tertiary/aromatic N) is 3. The fraction of sp³-hybridized carbons (Fsp3) is 0.409. The molecule has 0 aliphatic carbocycles. The number of carbonyl (C=O) groups excluding carboxylic acids is 1. The molecule has 0 saturated carbocycles. The van der Waals surface area contributed by atoms with Crippen LogP contribution in [-0.4, -0.2) is 65.1 Å². The number of rotatable bonds is 8. The summed E-state index contributed by atoms with van der Waals surface area (Å²) in [6, 6.07) is 8.73. The molecule has 1 atom stereocenters. The molecule has 33 heavy (non-hydrogen) atoms. The SMILES string of the molecule is CCOC(=O)c1c[nH]n2c(=O)cc(CN(Cc3ccc(OC)cc3)C3CCS(=O)(=O)C3)nc12. The van der Waals surface area contributed by atoms with E-state index >= 15 is 0 Å². The minimum absolute atomic E-state index is 0.0581. The summed E-state index contributed by atoms with van der Waals surface area (Å²) in [5.41, 5.74) is 1.41. The number of hydrogen-bond acceptors (Lipinski definition) is 8. The number of ether oxygens (including phenoxy) is 2. The number of esters is 1. The highest BCUT2D eigenvalue weighted by molar-refractivity contribution is 7.91. The predicted molar refractivity (Wildman–Crippen MR) is 121 cm³/mol. The molecule has 0 amide bonds. The Morgan fingerprint density at radius 2 is 2.03 bits per heavy atom. The molecule has 0 radical (unpaired) electrons. The molecule has 2 aromatic heterocycles. The van der Waals surface area contributed by atoms with Crippen LogP contribution in [0.3, 0.4) is 0 Å². The van der Waals surface area contributed by atoms with Gasteiger partial charge >= 0.3 is 5.97 Å². The van der Waals surface area contributed by atoms with Gasteiger partial charge in [-0.3, -0.25) is 14.8 Å². The number of sulfone groups is 1. The molecule has 0 spiro atoms. The van der Waals surface area contributed by atoms with Crippen molar-refractivity contribution in [2.75, 3.05) is 25.2 Å². The molecular formula is C22H26N4O6S. The number of methoxy groups -OCH3 is 1. The van der Waals surface area contributed by atoms with E-state index in [2.05, 4.69) is 10.1 Å². The van der Waals surface area contributed by atoms with Gasteiger partial charge in [0.15, 0.2) is 15.5 Å². The van der Waals surface area contributed by atoms with Crippen LogP contribution in [0.2, 0.25) is 0 Å². The van der Waals surface area contributed by atoms with Crippen molar-refractivity contribution < 1.29 is 22.7 Å². The zero-order valence-electron chi connectivity index (χ0n) is 18.5. The van der Waals surface area contributed by atoms with Gasteiger partial charge in [-0.25, -0.2) is 22.7 Å². The minimum Gasteiger partial charge on any atom is -0.497 e. The topological polar surface area (TPSA) is 123 Å². The first-order valence-corrected chi connectivity index (χ1v) is 12.5. The smallest absolute Gasteiger partial charge is 0.343 e. The molecule has 0 bridgehead atoms. The Morgan fingerprint density at radius 3 is 2.67 bits per heavy atom. The number of aromatic nitrogens is 3. The molecule has 4 rings (SSSR count). The van der Waals surface area contributed by atoms with Crippen LogP contribution in [0.1, 0.15) is 35.0 Å². The van der Waals surface area contributed by atoms with Crippen LogP contribution in [0.25, 0.3) is 5.65 Å². The Labute approximate surface area is 191 Å². The van der Waals surface area contributed by atoms with E-state index in [0.717, 1.165) is 11.3 Å². The lowest BCUT2D eigenvalue weighted by Crippen LogP contribution is -2.36. The Hall–Kier alpha value is -3.18. The van der Waals surface area contributed by atoms with Crippen molar-refractivity contribution in [1.82, 2.24) is 19.5 Å². The van der Waals surface area contributed by atoms with Crippen molar-refractivity contribution in [3.05, 3.63) is 63.7 Å². The summed E-state index contributed by atoms with van der Waals surface area (Å²) in [7, 11) is -1.51. The number of hydrogen-bond donors (Lipinski definition) is 1. The lowest BCUT2D eigenvalue weighted by atomic mass is 10.1. The molecule has 1 aliphatic heterocycles. The third-order valence-electron chi connectivity index (χ3n) is 5.68. The highest BCUT2D eigenvalue weighted by Crippen LogP contribution is 2.23. The van der Waals surface area contributed by atoms with Crippen LogP contribution in [0.5, 0.6) is 5.75 Å². The fourth-order valence-electron chi connectivity index (χ4n) is 4.02. The van der Waals surface area contributed by atoms with Crippen LogP contribution in [0, 0.1) is 0 Å². The molecule has 1 aliphatic rings. The van der Waals surface area contributed by atoms with Gasteiger partial charge in [0.25, 0.3) is 5.56 Å². The van der Waals surface area contributed by atoms with E-state index in [0.29, 0.717) is 18.7 Å². The Bertz CT molecular complexity index is 1310. The molecule has 11 heteroatoms. The highest BCUT2D eigenvalue weighted by atomic mass is 32.2. The molecule has 3 heterocycles. The van der Waals surface area contributed by atoms with Crippen molar-refractivity contribution >= 4 is 21.5 Å². The lowest BCUT2D eigenvalue weighted by molar-refractivity contribution is 0.0528. The van der Waals surface area contributed by atoms with Gasteiger partial charge in [-0.2, -0.15) is 0 Å². The van der Waals surface area contributed by atoms with Gasteiger partial charge in [-0.1, -0.05) is 12.1 Å². The standard InChI is InChI=1S/C22H26N4O6S/c1-3-32-22(28)19-11-23-26-20(27)10-16(24-21(19)26)13-25(17-8-9-33(29,30)14-17)12-15-4-6-18(31-2)7-5-15/h4-7,10-11,17,23H,3,8-9,12-14H2,1-2H3. The zero-order valence-corrected chi connectivity index (χ0v) is 19.3. The van der Waals surface area contributed by atoms with E-state index in [-0.39, 0.29) is 47.5 Å². The summed E-state index contributed by atoms with van der Waals surface area (Å²) in [4.78, 5) is 31.4. The molecule has 1 unspecified atom stereocenters. The zero-order chi connectivity index (χ0) is 23.6. The van der Waals surface area contributed by atoms with Crippen molar-refractivity contribution in [1.29, 1.82) is 0 Å². The maximum atomic E-state index is 12.6. The van der Waals surface area contributed by atoms with Crippen LogP contribution in [-0.2, 0) is 27.7 Å². The van der Waals surface area contributed by atoms with Crippen LogP contribution < -0.4 is 10.3 Å². The third kappa shape index (κ3) is 5.09. The minimum atomic E-state index is -3.11. The van der Waals surface area contributed by atoms with Gasteiger partial charge < -0.3 is 9.47 Å². The van der Waals surface area contributed by atoms with Crippen molar-refractivity contribution in [3.8, 4) is 5.75 Å². The Balaban J connectivity index is 1.66. The van der Waals surface area contributed by atoms with Crippen LogP contribution in [0.15, 0.2) is 41.3 Å². The summed E-state index contributed by atoms with van der Waals surface area (Å²) < 4.78 is 35.7. The predicted octanol–water partition coefficient (Wildman–Crippen LogP) is 1.40. The molecule has 1 aromatic carbocycles. The molecule has 3 aromatic rings. The number of carbonyl (C=O) groups is 1. The number of aromatic amines is 1. The van der Waals surface area contributed by atoms with Gasteiger partial charge in [0, 0.05) is 31.4 Å². The molecule has 176 valence electrons. The molecule has 10 nitrogen and oxygen atoms in total. The molecule has 1 saturated heterocycles. The van der Waals surface area contributed by atoms with Gasteiger partial charge in [0.1, 0.15) is 11.3 Å². The van der Waals surface area contributed by atoms with Crippen molar-refractivity contribution in [2.45, 2.75) is 32.5 Å².